The van der Waals surface area contributed by atoms with Crippen molar-refractivity contribution in [1.29, 1.82) is 0 Å². The lowest BCUT2D eigenvalue weighted by atomic mass is 9.82. The Hall–Kier alpha value is -1.73. The van der Waals surface area contributed by atoms with Gasteiger partial charge in [-0.2, -0.15) is 0 Å². The summed E-state index contributed by atoms with van der Waals surface area (Å²) in [6.45, 7) is 6.71. The van der Waals surface area contributed by atoms with Gasteiger partial charge in [0.1, 0.15) is 0 Å². The summed E-state index contributed by atoms with van der Waals surface area (Å²) >= 11 is 1.82. The summed E-state index contributed by atoms with van der Waals surface area (Å²) in [6, 6.07) is 16.1. The molecule has 0 radical (unpaired) electrons. The minimum Gasteiger partial charge on any atom is -0.0984 e. The maximum Gasteiger partial charge on any atom is 0.0116 e. The molecule has 0 bridgehead atoms. The first-order valence-electron chi connectivity index (χ1n) is 11.3. The molecule has 2 aromatic rings. The lowest BCUT2D eigenvalue weighted by Gasteiger charge is -2.23. The second-order valence-electron chi connectivity index (χ2n) is 8.51. The third kappa shape index (κ3) is 6.93. The standard InChI is InChI=1S/C28H36S/c1-4-5-6-10-24-15-18-28(25-11-7-9-23(3)20-25)26(21-24)12-8-19-29-27-16-13-22(2)14-17-27/h8,13-21,25H,4-7,9-12H2,1-3H3/b19-8-. The molecule has 3 rings (SSSR count). The number of hydrogen-bond acceptors (Lipinski definition) is 1. The Labute approximate surface area is 182 Å². The van der Waals surface area contributed by atoms with E-state index in [4.69, 9.17) is 0 Å². The molecule has 0 nitrogen and oxygen atoms in total. The van der Waals surface area contributed by atoms with Crippen molar-refractivity contribution in [3.05, 3.63) is 87.9 Å². The summed E-state index contributed by atoms with van der Waals surface area (Å²) in [5, 5.41) is 2.26. The van der Waals surface area contributed by atoms with Gasteiger partial charge < -0.3 is 0 Å². The van der Waals surface area contributed by atoms with Gasteiger partial charge >= 0.3 is 0 Å². The van der Waals surface area contributed by atoms with E-state index in [0.717, 1.165) is 6.42 Å². The summed E-state index contributed by atoms with van der Waals surface area (Å²) in [5.41, 5.74) is 7.46. The van der Waals surface area contributed by atoms with Crippen molar-refractivity contribution in [3.8, 4) is 0 Å². The average Bonchev–Trinajstić information content (AvgIpc) is 2.73. The normalized spacial score (nSPS) is 16.9. The van der Waals surface area contributed by atoms with Gasteiger partial charge in [-0.25, -0.2) is 0 Å². The number of allylic oxidation sites excluding steroid dienone is 3. The van der Waals surface area contributed by atoms with Crippen LogP contribution in [0, 0.1) is 6.92 Å². The number of aryl methyl sites for hydroxylation is 2. The van der Waals surface area contributed by atoms with Crippen LogP contribution in [0.1, 0.15) is 80.5 Å². The minimum atomic E-state index is 0.599. The van der Waals surface area contributed by atoms with Gasteiger partial charge in [-0.1, -0.05) is 85.1 Å². The monoisotopic (exact) mass is 404 g/mol. The topological polar surface area (TPSA) is 0 Å². The number of thioether (sulfide) groups is 1. The zero-order valence-corrected chi connectivity index (χ0v) is 19.2. The molecular weight excluding hydrogens is 368 g/mol. The molecule has 1 atom stereocenters. The molecule has 0 aliphatic heterocycles. The molecule has 1 heteroatoms. The van der Waals surface area contributed by atoms with Crippen LogP contribution in [0.5, 0.6) is 0 Å². The highest BCUT2D eigenvalue weighted by Crippen LogP contribution is 2.34. The third-order valence-electron chi connectivity index (χ3n) is 5.91. The molecule has 1 aliphatic rings. The van der Waals surface area contributed by atoms with Crippen molar-refractivity contribution in [2.24, 2.45) is 0 Å². The molecule has 0 saturated carbocycles. The van der Waals surface area contributed by atoms with E-state index >= 15 is 0 Å². The zero-order valence-electron chi connectivity index (χ0n) is 18.4. The first kappa shape index (κ1) is 22.0. The van der Waals surface area contributed by atoms with Crippen LogP contribution in [0.2, 0.25) is 0 Å². The first-order chi connectivity index (χ1) is 14.2. The van der Waals surface area contributed by atoms with Gasteiger partial charge in [0.2, 0.25) is 0 Å². The van der Waals surface area contributed by atoms with Crippen LogP contribution in [0.4, 0.5) is 0 Å². The van der Waals surface area contributed by atoms with E-state index in [0.29, 0.717) is 5.92 Å². The number of hydrogen-bond donors (Lipinski definition) is 0. The van der Waals surface area contributed by atoms with Crippen LogP contribution in [-0.4, -0.2) is 0 Å². The maximum atomic E-state index is 2.52. The molecule has 1 aliphatic carbocycles. The highest BCUT2D eigenvalue weighted by atomic mass is 32.2. The molecule has 0 aromatic heterocycles. The molecule has 0 fully saturated rings. The predicted octanol–water partition coefficient (Wildman–Crippen LogP) is 8.79. The number of unbranched alkanes of at least 4 members (excludes halogenated alkanes) is 2. The highest BCUT2D eigenvalue weighted by Gasteiger charge is 2.16. The van der Waals surface area contributed by atoms with E-state index in [9.17, 15) is 0 Å². The fourth-order valence-electron chi connectivity index (χ4n) is 4.21. The van der Waals surface area contributed by atoms with Gasteiger partial charge in [-0.05, 0) is 86.6 Å². The molecule has 154 valence electrons. The van der Waals surface area contributed by atoms with Gasteiger partial charge in [-0.15, -0.1) is 0 Å². The number of benzene rings is 2. The van der Waals surface area contributed by atoms with E-state index < -0.39 is 0 Å². The van der Waals surface area contributed by atoms with Crippen molar-refractivity contribution in [1.82, 2.24) is 0 Å². The summed E-state index contributed by atoms with van der Waals surface area (Å²) in [5.74, 6) is 0.599. The predicted molar refractivity (Wildman–Crippen MR) is 130 cm³/mol. The van der Waals surface area contributed by atoms with E-state index in [2.05, 4.69) is 80.8 Å². The van der Waals surface area contributed by atoms with Crippen molar-refractivity contribution in [3.63, 3.8) is 0 Å². The van der Waals surface area contributed by atoms with E-state index in [1.807, 2.05) is 11.8 Å². The summed E-state index contributed by atoms with van der Waals surface area (Å²) in [6.07, 6.45) is 14.9. The Morgan fingerprint density at radius 2 is 1.86 bits per heavy atom. The largest absolute Gasteiger partial charge is 0.0984 e. The van der Waals surface area contributed by atoms with Crippen molar-refractivity contribution >= 4 is 11.8 Å². The first-order valence-corrected chi connectivity index (χ1v) is 12.2. The minimum absolute atomic E-state index is 0.599. The molecular formula is C28H36S. The molecule has 0 saturated heterocycles. The van der Waals surface area contributed by atoms with Gasteiger partial charge in [0.15, 0.2) is 0 Å². The third-order valence-corrected chi connectivity index (χ3v) is 6.78. The summed E-state index contributed by atoms with van der Waals surface area (Å²) in [7, 11) is 0. The van der Waals surface area contributed by atoms with Crippen LogP contribution in [0.3, 0.4) is 0 Å². The van der Waals surface area contributed by atoms with Crippen molar-refractivity contribution in [2.75, 3.05) is 0 Å². The second-order valence-corrected chi connectivity index (χ2v) is 9.49. The summed E-state index contributed by atoms with van der Waals surface area (Å²) < 4.78 is 0. The zero-order chi connectivity index (χ0) is 20.5. The van der Waals surface area contributed by atoms with E-state index in [1.165, 1.54) is 66.5 Å². The molecule has 0 heterocycles. The molecule has 0 amide bonds. The fraction of sp³-hybridized carbons (Fsp3) is 0.429. The Morgan fingerprint density at radius 1 is 1.03 bits per heavy atom. The van der Waals surface area contributed by atoms with Crippen LogP contribution >= 0.6 is 11.8 Å². The van der Waals surface area contributed by atoms with Crippen LogP contribution < -0.4 is 0 Å². The van der Waals surface area contributed by atoms with Crippen LogP contribution in [-0.2, 0) is 12.8 Å². The Morgan fingerprint density at radius 3 is 2.62 bits per heavy atom. The second kappa shape index (κ2) is 11.5. The quantitative estimate of drug-likeness (QED) is 0.228. The molecule has 29 heavy (non-hydrogen) atoms. The maximum absolute atomic E-state index is 2.52. The Balaban J connectivity index is 1.73. The van der Waals surface area contributed by atoms with Gasteiger partial charge in [0.25, 0.3) is 0 Å². The van der Waals surface area contributed by atoms with Gasteiger partial charge in [-0.3, -0.25) is 0 Å². The Bertz CT molecular complexity index is 826. The van der Waals surface area contributed by atoms with E-state index in [-0.39, 0.29) is 0 Å². The van der Waals surface area contributed by atoms with E-state index in [1.54, 1.807) is 11.1 Å². The summed E-state index contributed by atoms with van der Waals surface area (Å²) in [4.78, 5) is 1.31. The lowest BCUT2D eigenvalue weighted by molar-refractivity contribution is 0.629. The SMILES string of the molecule is CCCCCc1ccc(C2C=C(C)CCC2)c(C/C=C\Sc2ccc(C)cc2)c1. The molecule has 0 N–H and O–H groups in total. The number of rotatable bonds is 9. The smallest absolute Gasteiger partial charge is 0.0116 e. The Kier molecular flexibility index (Phi) is 8.68. The van der Waals surface area contributed by atoms with Crippen LogP contribution in [0.15, 0.2) is 70.5 Å². The fourth-order valence-corrected chi connectivity index (χ4v) is 4.85. The molecule has 0 spiro atoms. The van der Waals surface area contributed by atoms with Crippen molar-refractivity contribution < 1.29 is 0 Å². The van der Waals surface area contributed by atoms with Gasteiger partial charge in [0.05, 0.1) is 0 Å². The lowest BCUT2D eigenvalue weighted by Crippen LogP contribution is -2.06. The van der Waals surface area contributed by atoms with Crippen LogP contribution in [0.25, 0.3) is 0 Å². The highest BCUT2D eigenvalue weighted by molar-refractivity contribution is 8.02. The van der Waals surface area contributed by atoms with Crippen molar-refractivity contribution in [2.45, 2.75) is 83.0 Å². The molecule has 1 unspecified atom stereocenters. The average molecular weight is 405 g/mol. The molecule has 2 aromatic carbocycles. The van der Waals surface area contributed by atoms with Gasteiger partial charge in [0, 0.05) is 10.8 Å².